The van der Waals surface area contributed by atoms with Gasteiger partial charge < -0.3 is 10.0 Å². The van der Waals surface area contributed by atoms with E-state index in [1.165, 1.54) is 6.42 Å². The third kappa shape index (κ3) is 2.68. The second-order valence-corrected chi connectivity index (χ2v) is 4.83. The maximum absolute atomic E-state index is 11.6. The van der Waals surface area contributed by atoms with Gasteiger partial charge in [-0.15, -0.1) is 0 Å². The van der Waals surface area contributed by atoms with Crippen LogP contribution in [0, 0.1) is 0 Å². The minimum Gasteiger partial charge on any atom is -0.395 e. The normalized spacial score (nSPS) is 19.3. The van der Waals surface area contributed by atoms with Gasteiger partial charge in [-0.05, 0) is 26.2 Å². The van der Waals surface area contributed by atoms with Gasteiger partial charge in [0, 0.05) is 12.6 Å². The summed E-state index contributed by atoms with van der Waals surface area (Å²) in [6, 6.07) is 0.375. The summed E-state index contributed by atoms with van der Waals surface area (Å²) in [5, 5.41) is 8.83. The van der Waals surface area contributed by atoms with E-state index in [4.69, 9.17) is 5.11 Å². The highest BCUT2D eigenvalue weighted by Crippen LogP contribution is 2.25. The Labute approximate surface area is 87.2 Å². The highest BCUT2D eigenvalue weighted by atomic mass is 79.9. The molecule has 1 aliphatic carbocycles. The number of carbonyl (C=O) groups is 1. The summed E-state index contributed by atoms with van der Waals surface area (Å²) in [4.78, 5) is 13.3. The molecule has 76 valence electrons. The Morgan fingerprint density at radius 3 is 2.62 bits per heavy atom. The van der Waals surface area contributed by atoms with Crippen LogP contribution in [0.1, 0.15) is 26.2 Å². The van der Waals surface area contributed by atoms with E-state index in [-0.39, 0.29) is 17.3 Å². The second-order valence-electron chi connectivity index (χ2n) is 3.46. The van der Waals surface area contributed by atoms with E-state index in [1.807, 2.05) is 6.92 Å². The van der Waals surface area contributed by atoms with Crippen LogP contribution in [0.2, 0.25) is 0 Å². The summed E-state index contributed by atoms with van der Waals surface area (Å²) in [7, 11) is 0. The van der Waals surface area contributed by atoms with Crippen molar-refractivity contribution in [3.8, 4) is 0 Å². The first-order chi connectivity index (χ1) is 6.16. The lowest BCUT2D eigenvalue weighted by atomic mass is 9.91. The van der Waals surface area contributed by atoms with E-state index >= 15 is 0 Å². The summed E-state index contributed by atoms with van der Waals surface area (Å²) in [6.07, 6.45) is 3.38. The highest BCUT2D eigenvalue weighted by molar-refractivity contribution is 9.10. The summed E-state index contributed by atoms with van der Waals surface area (Å²) < 4.78 is 0. The highest BCUT2D eigenvalue weighted by Gasteiger charge is 2.29. The first-order valence-electron chi connectivity index (χ1n) is 4.72. The molecule has 0 radical (unpaired) electrons. The molecule has 0 aromatic heterocycles. The van der Waals surface area contributed by atoms with Crippen LogP contribution >= 0.6 is 15.9 Å². The Bertz CT molecular complexity index is 180. The van der Waals surface area contributed by atoms with Crippen LogP contribution in [0.4, 0.5) is 0 Å². The third-order valence-corrected chi connectivity index (χ3v) is 2.87. The molecule has 1 aliphatic rings. The van der Waals surface area contributed by atoms with Crippen LogP contribution in [0.15, 0.2) is 0 Å². The van der Waals surface area contributed by atoms with Crippen molar-refractivity contribution in [2.24, 2.45) is 0 Å². The zero-order valence-electron chi connectivity index (χ0n) is 7.87. The predicted molar refractivity (Wildman–Crippen MR) is 54.8 cm³/mol. The van der Waals surface area contributed by atoms with Crippen LogP contribution in [0.3, 0.4) is 0 Å². The molecular formula is C9H16BrNO2. The van der Waals surface area contributed by atoms with E-state index in [0.717, 1.165) is 12.8 Å². The number of alkyl halides is 1. The fourth-order valence-electron chi connectivity index (χ4n) is 1.51. The van der Waals surface area contributed by atoms with Crippen molar-refractivity contribution in [2.75, 3.05) is 13.2 Å². The van der Waals surface area contributed by atoms with Gasteiger partial charge in [-0.25, -0.2) is 0 Å². The van der Waals surface area contributed by atoms with Crippen molar-refractivity contribution in [1.29, 1.82) is 0 Å². The van der Waals surface area contributed by atoms with Gasteiger partial charge in [0.15, 0.2) is 0 Å². The lowest BCUT2D eigenvalue weighted by Crippen LogP contribution is -2.47. The van der Waals surface area contributed by atoms with Crippen LogP contribution in [-0.4, -0.2) is 39.9 Å². The van der Waals surface area contributed by atoms with Gasteiger partial charge in [-0.3, -0.25) is 4.79 Å². The molecule has 0 saturated heterocycles. The van der Waals surface area contributed by atoms with Crippen LogP contribution in [0.25, 0.3) is 0 Å². The Balaban J connectivity index is 2.50. The molecular weight excluding hydrogens is 234 g/mol. The molecule has 0 aromatic carbocycles. The second kappa shape index (κ2) is 4.96. The fourth-order valence-corrected chi connectivity index (χ4v) is 1.77. The molecule has 1 saturated carbocycles. The zero-order chi connectivity index (χ0) is 9.84. The molecule has 1 amide bonds. The van der Waals surface area contributed by atoms with Crippen molar-refractivity contribution >= 4 is 21.8 Å². The third-order valence-electron chi connectivity index (χ3n) is 2.48. The summed E-state index contributed by atoms with van der Waals surface area (Å²) in [6.45, 7) is 2.35. The molecule has 1 fully saturated rings. The van der Waals surface area contributed by atoms with E-state index in [9.17, 15) is 4.79 Å². The minimum atomic E-state index is -0.139. The van der Waals surface area contributed by atoms with Crippen molar-refractivity contribution in [1.82, 2.24) is 4.90 Å². The zero-order valence-corrected chi connectivity index (χ0v) is 9.46. The number of halogens is 1. The first-order valence-corrected chi connectivity index (χ1v) is 5.63. The fraction of sp³-hybridized carbons (Fsp3) is 0.889. The Kier molecular flexibility index (Phi) is 4.19. The molecule has 0 aliphatic heterocycles. The molecule has 0 aromatic rings. The standard InChI is InChI=1S/C9H16BrNO2/c1-7(10)9(13)11(5-6-12)8-3-2-4-8/h7-8,12H,2-6H2,1H3. The molecule has 4 heteroatoms. The SMILES string of the molecule is CC(Br)C(=O)N(CCO)C1CCC1. The smallest absolute Gasteiger partial charge is 0.236 e. The number of hydrogen-bond donors (Lipinski definition) is 1. The summed E-state index contributed by atoms with van der Waals surface area (Å²) >= 11 is 3.26. The number of rotatable bonds is 4. The molecule has 0 spiro atoms. The average Bonchev–Trinajstić information content (AvgIpc) is 1.99. The van der Waals surface area contributed by atoms with Crippen molar-refractivity contribution in [3.05, 3.63) is 0 Å². The summed E-state index contributed by atoms with van der Waals surface area (Å²) in [5.74, 6) is 0.0961. The summed E-state index contributed by atoms with van der Waals surface area (Å²) in [5.41, 5.74) is 0. The van der Waals surface area contributed by atoms with Gasteiger partial charge in [0.05, 0.1) is 11.4 Å². The van der Waals surface area contributed by atoms with Crippen molar-refractivity contribution in [3.63, 3.8) is 0 Å². The van der Waals surface area contributed by atoms with Gasteiger partial charge in [0.2, 0.25) is 5.91 Å². The van der Waals surface area contributed by atoms with Crippen LogP contribution in [0.5, 0.6) is 0 Å². The molecule has 1 N–H and O–H groups in total. The predicted octanol–water partition coefficient (Wildman–Crippen LogP) is 1.14. The molecule has 3 nitrogen and oxygen atoms in total. The maximum atomic E-state index is 11.6. The lowest BCUT2D eigenvalue weighted by Gasteiger charge is -2.37. The molecule has 1 atom stereocenters. The monoisotopic (exact) mass is 249 g/mol. The number of aliphatic hydroxyl groups is 1. The van der Waals surface area contributed by atoms with Gasteiger partial charge in [-0.2, -0.15) is 0 Å². The Morgan fingerprint density at radius 2 is 2.31 bits per heavy atom. The largest absolute Gasteiger partial charge is 0.395 e. The van der Waals surface area contributed by atoms with Crippen LogP contribution in [-0.2, 0) is 4.79 Å². The van der Waals surface area contributed by atoms with E-state index in [2.05, 4.69) is 15.9 Å². The van der Waals surface area contributed by atoms with Gasteiger partial charge in [0.25, 0.3) is 0 Å². The van der Waals surface area contributed by atoms with E-state index in [0.29, 0.717) is 12.6 Å². The molecule has 13 heavy (non-hydrogen) atoms. The Morgan fingerprint density at radius 1 is 1.69 bits per heavy atom. The van der Waals surface area contributed by atoms with E-state index < -0.39 is 0 Å². The number of hydrogen-bond acceptors (Lipinski definition) is 2. The molecule has 0 heterocycles. The van der Waals surface area contributed by atoms with Crippen molar-refractivity contribution in [2.45, 2.75) is 37.1 Å². The number of carbonyl (C=O) groups excluding carboxylic acids is 1. The van der Waals surface area contributed by atoms with Gasteiger partial charge >= 0.3 is 0 Å². The first kappa shape index (κ1) is 11.0. The average molecular weight is 250 g/mol. The van der Waals surface area contributed by atoms with Crippen molar-refractivity contribution < 1.29 is 9.90 Å². The Hall–Kier alpha value is -0.0900. The topological polar surface area (TPSA) is 40.5 Å². The van der Waals surface area contributed by atoms with Gasteiger partial charge in [-0.1, -0.05) is 15.9 Å². The van der Waals surface area contributed by atoms with Crippen LogP contribution < -0.4 is 0 Å². The quantitative estimate of drug-likeness (QED) is 0.760. The maximum Gasteiger partial charge on any atom is 0.236 e. The number of nitrogens with zero attached hydrogens (tertiary/aromatic N) is 1. The lowest BCUT2D eigenvalue weighted by molar-refractivity contribution is -0.134. The van der Waals surface area contributed by atoms with Gasteiger partial charge in [0.1, 0.15) is 0 Å². The minimum absolute atomic E-state index is 0.0575. The number of amides is 1. The molecule has 1 rings (SSSR count). The number of aliphatic hydroxyl groups excluding tert-OH is 1. The molecule has 1 unspecified atom stereocenters. The van der Waals surface area contributed by atoms with E-state index in [1.54, 1.807) is 4.90 Å². The molecule has 0 bridgehead atoms.